The number of hydrogen-bond acceptors (Lipinski definition) is 3. The average molecular weight is 370 g/mol. The van der Waals surface area contributed by atoms with Crippen molar-refractivity contribution >= 4 is 18.0 Å². The van der Waals surface area contributed by atoms with Gasteiger partial charge in [0.05, 0.1) is 0 Å². The fourth-order valence-corrected chi connectivity index (χ4v) is 4.28. The number of carbonyl (C=O) groups is 3. The van der Waals surface area contributed by atoms with Crippen molar-refractivity contribution in [2.45, 2.75) is 56.0 Å². The summed E-state index contributed by atoms with van der Waals surface area (Å²) in [6.45, 7) is 0.765. The van der Waals surface area contributed by atoms with Crippen LogP contribution < -0.4 is 16.0 Å². The summed E-state index contributed by atoms with van der Waals surface area (Å²) in [5.41, 5.74) is 0.600. The standard InChI is InChI=1S/C20H26N4O3/c25-17-20(9-4-5-10-20)23-19(27)24(17)12-6-11-21-18(26)22-16-13-15(16)14-7-2-1-3-8-14/h1-3,7-8,15-16H,4-6,9-13H2,(H,23,27)(H2,21,22,26)/t15-,16+/m0/s1. The van der Waals surface area contributed by atoms with E-state index in [9.17, 15) is 14.4 Å². The van der Waals surface area contributed by atoms with Crippen LogP contribution in [0.5, 0.6) is 0 Å². The second-order valence-corrected chi connectivity index (χ2v) is 7.79. The molecule has 27 heavy (non-hydrogen) atoms. The zero-order valence-electron chi connectivity index (χ0n) is 15.4. The molecular formula is C20H26N4O3. The predicted molar refractivity (Wildman–Crippen MR) is 100 cm³/mol. The van der Waals surface area contributed by atoms with E-state index >= 15 is 0 Å². The van der Waals surface area contributed by atoms with Gasteiger partial charge in [-0.25, -0.2) is 9.59 Å². The summed E-state index contributed by atoms with van der Waals surface area (Å²) < 4.78 is 0. The van der Waals surface area contributed by atoms with Gasteiger partial charge in [0.1, 0.15) is 5.54 Å². The van der Waals surface area contributed by atoms with Crippen molar-refractivity contribution in [2.75, 3.05) is 13.1 Å². The summed E-state index contributed by atoms with van der Waals surface area (Å²) in [5.74, 6) is 0.295. The van der Waals surface area contributed by atoms with E-state index in [4.69, 9.17) is 0 Å². The number of imide groups is 1. The van der Waals surface area contributed by atoms with Crippen LogP contribution in [0.1, 0.15) is 50.0 Å². The van der Waals surface area contributed by atoms with Crippen molar-refractivity contribution in [3.63, 3.8) is 0 Å². The topological polar surface area (TPSA) is 90.5 Å². The van der Waals surface area contributed by atoms with Crippen LogP contribution >= 0.6 is 0 Å². The molecule has 2 atom stereocenters. The van der Waals surface area contributed by atoms with E-state index in [1.165, 1.54) is 10.5 Å². The number of carbonyl (C=O) groups excluding carboxylic acids is 3. The monoisotopic (exact) mass is 370 g/mol. The van der Waals surface area contributed by atoms with Crippen LogP contribution in [0.25, 0.3) is 0 Å². The molecule has 1 aromatic rings. The number of nitrogens with zero attached hydrogens (tertiary/aromatic N) is 1. The lowest BCUT2D eigenvalue weighted by Crippen LogP contribution is -2.44. The lowest BCUT2D eigenvalue weighted by atomic mass is 9.98. The molecule has 1 heterocycles. The van der Waals surface area contributed by atoms with Crippen molar-refractivity contribution in [3.8, 4) is 0 Å². The molecule has 1 spiro atoms. The highest BCUT2D eigenvalue weighted by Crippen LogP contribution is 2.40. The molecule has 1 saturated heterocycles. The summed E-state index contributed by atoms with van der Waals surface area (Å²) >= 11 is 0. The molecule has 144 valence electrons. The van der Waals surface area contributed by atoms with Gasteiger partial charge in [0.15, 0.2) is 0 Å². The third-order valence-electron chi connectivity index (χ3n) is 5.88. The van der Waals surface area contributed by atoms with Gasteiger partial charge in [-0.3, -0.25) is 9.69 Å². The minimum Gasteiger partial charge on any atom is -0.338 e. The van der Waals surface area contributed by atoms with Crippen LogP contribution in [0, 0.1) is 0 Å². The molecule has 5 amide bonds. The van der Waals surface area contributed by atoms with Crippen molar-refractivity contribution in [2.24, 2.45) is 0 Å². The van der Waals surface area contributed by atoms with E-state index in [1.807, 2.05) is 18.2 Å². The molecule has 1 aliphatic heterocycles. The molecule has 4 rings (SSSR count). The van der Waals surface area contributed by atoms with Gasteiger partial charge >= 0.3 is 12.1 Å². The Morgan fingerprint density at radius 1 is 1.19 bits per heavy atom. The van der Waals surface area contributed by atoms with Gasteiger partial charge in [-0.2, -0.15) is 0 Å². The van der Waals surface area contributed by atoms with E-state index in [-0.39, 0.29) is 24.0 Å². The Balaban J connectivity index is 1.16. The summed E-state index contributed by atoms with van der Waals surface area (Å²) in [7, 11) is 0. The predicted octanol–water partition coefficient (Wildman–Crippen LogP) is 2.10. The number of rotatable bonds is 6. The molecule has 0 aromatic heterocycles. The number of urea groups is 2. The SMILES string of the molecule is O=C(NCCCN1C(=O)NC2(CCCC2)C1=O)N[C@@H]1C[C@H]1c1ccccc1. The first-order valence-corrected chi connectivity index (χ1v) is 9.82. The van der Waals surface area contributed by atoms with Crippen molar-refractivity contribution in [1.29, 1.82) is 0 Å². The Labute approximate surface area is 158 Å². The van der Waals surface area contributed by atoms with Crippen molar-refractivity contribution in [1.82, 2.24) is 20.9 Å². The first-order valence-electron chi connectivity index (χ1n) is 9.82. The Hall–Kier alpha value is -2.57. The van der Waals surface area contributed by atoms with Gasteiger partial charge in [-0.1, -0.05) is 43.2 Å². The van der Waals surface area contributed by atoms with Gasteiger partial charge in [0.25, 0.3) is 5.91 Å². The summed E-state index contributed by atoms with van der Waals surface area (Å²) in [5, 5.41) is 8.67. The summed E-state index contributed by atoms with van der Waals surface area (Å²) in [6.07, 6.45) is 4.94. The fourth-order valence-electron chi connectivity index (χ4n) is 4.28. The van der Waals surface area contributed by atoms with E-state index < -0.39 is 5.54 Å². The minimum absolute atomic E-state index is 0.0989. The van der Waals surface area contributed by atoms with Gasteiger partial charge in [-0.15, -0.1) is 0 Å². The fraction of sp³-hybridized carbons (Fsp3) is 0.550. The van der Waals surface area contributed by atoms with Crippen LogP contribution in [-0.2, 0) is 4.79 Å². The van der Waals surface area contributed by atoms with Crippen molar-refractivity contribution in [3.05, 3.63) is 35.9 Å². The highest BCUT2D eigenvalue weighted by molar-refractivity contribution is 6.07. The average Bonchev–Trinajstić information content (AvgIpc) is 3.19. The van der Waals surface area contributed by atoms with E-state index in [2.05, 4.69) is 28.1 Å². The molecular weight excluding hydrogens is 344 g/mol. The maximum absolute atomic E-state index is 12.5. The summed E-state index contributed by atoms with van der Waals surface area (Å²) in [6, 6.07) is 9.87. The van der Waals surface area contributed by atoms with Crippen LogP contribution in [0.15, 0.2) is 30.3 Å². The molecule has 0 bridgehead atoms. The van der Waals surface area contributed by atoms with Crippen LogP contribution in [0.3, 0.4) is 0 Å². The molecule has 0 unspecified atom stereocenters. The molecule has 3 N–H and O–H groups in total. The Morgan fingerprint density at radius 2 is 1.93 bits per heavy atom. The van der Waals surface area contributed by atoms with Crippen molar-refractivity contribution < 1.29 is 14.4 Å². The van der Waals surface area contributed by atoms with Crippen LogP contribution in [-0.4, -0.2) is 47.5 Å². The maximum atomic E-state index is 12.5. The highest BCUT2D eigenvalue weighted by atomic mass is 16.2. The van der Waals surface area contributed by atoms with Gasteiger partial charge in [-0.05, 0) is 31.2 Å². The van der Waals surface area contributed by atoms with Gasteiger partial charge < -0.3 is 16.0 Å². The first kappa shape index (κ1) is 17.8. The van der Waals surface area contributed by atoms with E-state index in [0.29, 0.717) is 25.4 Å². The third-order valence-corrected chi connectivity index (χ3v) is 5.88. The summed E-state index contributed by atoms with van der Waals surface area (Å²) in [4.78, 5) is 37.9. The molecule has 1 aromatic carbocycles. The zero-order valence-corrected chi connectivity index (χ0v) is 15.4. The van der Waals surface area contributed by atoms with Crippen LogP contribution in [0.4, 0.5) is 9.59 Å². The normalized spacial score (nSPS) is 25.6. The lowest BCUT2D eigenvalue weighted by Gasteiger charge is -2.20. The molecule has 2 aliphatic carbocycles. The second-order valence-electron chi connectivity index (χ2n) is 7.79. The van der Waals surface area contributed by atoms with E-state index in [1.54, 1.807) is 0 Å². The van der Waals surface area contributed by atoms with Gasteiger partial charge in [0, 0.05) is 25.0 Å². The smallest absolute Gasteiger partial charge is 0.325 e. The second kappa shape index (κ2) is 7.21. The number of nitrogens with one attached hydrogen (secondary N) is 3. The Bertz CT molecular complexity index is 730. The van der Waals surface area contributed by atoms with Gasteiger partial charge in [0.2, 0.25) is 0 Å². The first-order chi connectivity index (χ1) is 13.1. The molecule has 2 saturated carbocycles. The lowest BCUT2D eigenvalue weighted by molar-refractivity contribution is -0.131. The number of hydrogen-bond donors (Lipinski definition) is 3. The number of benzene rings is 1. The Morgan fingerprint density at radius 3 is 2.67 bits per heavy atom. The van der Waals surface area contributed by atoms with E-state index in [0.717, 1.165) is 32.1 Å². The number of amides is 5. The molecule has 3 aliphatic rings. The minimum atomic E-state index is -0.652. The third kappa shape index (κ3) is 3.63. The highest BCUT2D eigenvalue weighted by Gasteiger charge is 2.52. The zero-order chi connectivity index (χ0) is 18.9. The molecule has 7 nitrogen and oxygen atoms in total. The maximum Gasteiger partial charge on any atom is 0.325 e. The largest absolute Gasteiger partial charge is 0.338 e. The Kier molecular flexibility index (Phi) is 4.76. The quantitative estimate of drug-likeness (QED) is 0.529. The molecule has 7 heteroatoms. The van der Waals surface area contributed by atoms with Crippen LogP contribution in [0.2, 0.25) is 0 Å². The molecule has 3 fully saturated rings. The molecule has 0 radical (unpaired) electrons.